The molecular formula is C24H23NO3S3. The second kappa shape index (κ2) is 8.57. The molecule has 0 radical (unpaired) electrons. The number of methoxy groups -OCH3 is 1. The smallest absolute Gasteiger partial charge is 0.251 e. The number of carbonyl (C=O) groups excluding carboxylic acids is 1. The molecule has 0 atom stereocenters. The van der Waals surface area contributed by atoms with Gasteiger partial charge in [-0.1, -0.05) is 45.0 Å². The minimum atomic E-state index is -0.535. The predicted molar refractivity (Wildman–Crippen MR) is 132 cm³/mol. The summed E-state index contributed by atoms with van der Waals surface area (Å²) in [7, 11) is 4.87. The molecule has 1 aliphatic rings. The first kappa shape index (κ1) is 21.7. The Balaban J connectivity index is 1.79. The molecule has 0 saturated heterocycles. The van der Waals surface area contributed by atoms with Crippen LogP contribution in [0.3, 0.4) is 0 Å². The molecule has 0 spiro atoms. The van der Waals surface area contributed by atoms with Gasteiger partial charge in [0.2, 0.25) is 0 Å². The van der Waals surface area contributed by atoms with Crippen molar-refractivity contribution >= 4 is 50.6 Å². The number of fused-ring (bicyclic) bond motifs is 3. The average Bonchev–Trinajstić information content (AvgIpc) is 3.15. The van der Waals surface area contributed by atoms with Crippen molar-refractivity contribution in [3.63, 3.8) is 0 Å². The summed E-state index contributed by atoms with van der Waals surface area (Å²) in [6.07, 6.45) is 3.45. The number of rotatable bonds is 5. The van der Waals surface area contributed by atoms with Crippen molar-refractivity contribution < 1.29 is 14.3 Å². The van der Waals surface area contributed by atoms with E-state index in [0.29, 0.717) is 6.61 Å². The number of carbonyl (C=O) groups is 1. The number of amides is 1. The Morgan fingerprint density at radius 2 is 1.84 bits per heavy atom. The topological polar surface area (TPSA) is 38.8 Å². The highest BCUT2D eigenvalue weighted by atomic mass is 32.9. The van der Waals surface area contributed by atoms with Crippen LogP contribution in [-0.2, 0) is 10.3 Å². The summed E-state index contributed by atoms with van der Waals surface area (Å²) in [5.74, 6) is 1.43. The molecule has 1 aliphatic heterocycles. The van der Waals surface area contributed by atoms with Crippen LogP contribution >= 0.6 is 32.9 Å². The molecule has 1 amide bonds. The summed E-state index contributed by atoms with van der Waals surface area (Å²) >= 11 is 5.64. The molecule has 1 aromatic heterocycles. The van der Waals surface area contributed by atoms with Gasteiger partial charge in [0, 0.05) is 23.3 Å². The van der Waals surface area contributed by atoms with Gasteiger partial charge in [-0.15, -0.1) is 0 Å². The monoisotopic (exact) mass is 469 g/mol. The predicted octanol–water partition coefficient (Wildman–Crippen LogP) is 6.91. The number of nitrogens with zero attached hydrogens (tertiary/aromatic N) is 1. The molecule has 4 nitrogen and oxygen atoms in total. The number of hydrogen-bond acceptors (Lipinski definition) is 6. The molecule has 2 aromatic carbocycles. The first-order valence-corrected chi connectivity index (χ1v) is 12.5. The quantitative estimate of drug-likeness (QED) is 0.231. The highest BCUT2D eigenvalue weighted by Crippen LogP contribution is 2.52. The zero-order valence-corrected chi connectivity index (χ0v) is 20.2. The molecule has 0 unspecified atom stereocenters. The van der Waals surface area contributed by atoms with Crippen LogP contribution in [0.15, 0.2) is 48.5 Å². The molecule has 2 heterocycles. The van der Waals surface area contributed by atoms with E-state index in [0.717, 1.165) is 42.6 Å². The zero-order chi connectivity index (χ0) is 22.2. The summed E-state index contributed by atoms with van der Waals surface area (Å²) in [6, 6.07) is 13.5. The van der Waals surface area contributed by atoms with Gasteiger partial charge < -0.3 is 9.47 Å². The van der Waals surface area contributed by atoms with Gasteiger partial charge in [0.1, 0.15) is 15.3 Å². The Morgan fingerprint density at radius 3 is 2.52 bits per heavy atom. The maximum Gasteiger partial charge on any atom is 0.251 e. The molecule has 4 rings (SSSR count). The standard InChI is InChI=1S/C24H23NO3S3/c1-5-28-17-11-12-18-19(14-17)25(24(2,3)22-21(18)23(29)31-30-22)20(26)13-8-15-6-9-16(27-4)10-7-15/h6-14H,5H2,1-4H3/b13-8+. The van der Waals surface area contributed by atoms with E-state index >= 15 is 0 Å². The van der Waals surface area contributed by atoms with E-state index in [9.17, 15) is 4.79 Å². The number of benzene rings is 2. The Kier molecular flexibility index (Phi) is 6.01. The first-order valence-electron chi connectivity index (χ1n) is 9.94. The largest absolute Gasteiger partial charge is 0.497 e. The average molecular weight is 470 g/mol. The van der Waals surface area contributed by atoms with Gasteiger partial charge >= 0.3 is 0 Å². The second-order valence-corrected chi connectivity index (χ2v) is 10.4. The summed E-state index contributed by atoms with van der Waals surface area (Å²) in [5.41, 5.74) is 3.26. The van der Waals surface area contributed by atoms with E-state index in [4.69, 9.17) is 21.7 Å². The maximum atomic E-state index is 13.5. The number of anilines is 1. The first-order chi connectivity index (χ1) is 14.9. The third-order valence-corrected chi connectivity index (χ3v) is 8.62. The summed E-state index contributed by atoms with van der Waals surface area (Å²) < 4.78 is 11.8. The summed E-state index contributed by atoms with van der Waals surface area (Å²) in [4.78, 5) is 16.5. The van der Waals surface area contributed by atoms with E-state index in [-0.39, 0.29) is 5.91 Å². The molecule has 160 valence electrons. The van der Waals surface area contributed by atoms with E-state index < -0.39 is 5.54 Å². The minimum Gasteiger partial charge on any atom is -0.497 e. The van der Waals surface area contributed by atoms with Crippen molar-refractivity contribution in [2.24, 2.45) is 0 Å². The van der Waals surface area contributed by atoms with Gasteiger partial charge in [-0.05, 0) is 56.7 Å². The lowest BCUT2D eigenvalue weighted by molar-refractivity contribution is -0.115. The lowest BCUT2D eigenvalue weighted by Gasteiger charge is -2.42. The molecule has 7 heteroatoms. The van der Waals surface area contributed by atoms with Crippen LogP contribution in [0.1, 0.15) is 31.2 Å². The molecular weight excluding hydrogens is 446 g/mol. The van der Waals surface area contributed by atoms with Crippen LogP contribution in [0.2, 0.25) is 0 Å². The van der Waals surface area contributed by atoms with Gasteiger partial charge in [-0.2, -0.15) is 0 Å². The highest BCUT2D eigenvalue weighted by Gasteiger charge is 2.42. The minimum absolute atomic E-state index is 0.0920. The van der Waals surface area contributed by atoms with Crippen molar-refractivity contribution in [1.82, 2.24) is 0 Å². The van der Waals surface area contributed by atoms with Crippen molar-refractivity contribution in [3.05, 3.63) is 62.8 Å². The number of ether oxygens (including phenoxy) is 2. The molecule has 3 aromatic rings. The third-order valence-electron chi connectivity index (χ3n) is 5.29. The molecule has 0 saturated carbocycles. The molecule has 0 N–H and O–H groups in total. The summed E-state index contributed by atoms with van der Waals surface area (Å²) in [6.45, 7) is 6.65. The van der Waals surface area contributed by atoms with Crippen LogP contribution in [0.25, 0.3) is 17.2 Å². The summed E-state index contributed by atoms with van der Waals surface area (Å²) in [5, 5.41) is 0. The van der Waals surface area contributed by atoms with E-state index in [2.05, 4.69) is 13.8 Å². The van der Waals surface area contributed by atoms with Crippen LogP contribution in [0, 0.1) is 3.82 Å². The maximum absolute atomic E-state index is 13.5. The molecule has 0 aliphatic carbocycles. The fourth-order valence-electron chi connectivity index (χ4n) is 3.81. The second-order valence-electron chi connectivity index (χ2n) is 7.61. The fraction of sp³-hybridized carbons (Fsp3) is 0.250. The van der Waals surface area contributed by atoms with Crippen LogP contribution in [0.4, 0.5) is 5.69 Å². The van der Waals surface area contributed by atoms with Gasteiger partial charge in [-0.3, -0.25) is 9.69 Å². The Hall–Kier alpha value is -2.48. The molecule has 0 fully saturated rings. The van der Waals surface area contributed by atoms with Gasteiger partial charge in [-0.25, -0.2) is 0 Å². The fourth-order valence-corrected chi connectivity index (χ4v) is 7.10. The third kappa shape index (κ3) is 3.93. The Bertz CT molecular complexity index is 1210. The zero-order valence-electron chi connectivity index (χ0n) is 17.8. The number of hydrogen-bond donors (Lipinski definition) is 0. The van der Waals surface area contributed by atoms with E-state index in [1.54, 1.807) is 33.9 Å². The van der Waals surface area contributed by atoms with Crippen molar-refractivity contribution in [2.45, 2.75) is 26.3 Å². The van der Waals surface area contributed by atoms with Gasteiger partial charge in [0.05, 0.1) is 29.8 Å². The van der Waals surface area contributed by atoms with Crippen molar-refractivity contribution in [3.8, 4) is 22.6 Å². The van der Waals surface area contributed by atoms with Gasteiger partial charge in [0.15, 0.2) is 0 Å². The van der Waals surface area contributed by atoms with Crippen LogP contribution in [0.5, 0.6) is 11.5 Å². The lowest BCUT2D eigenvalue weighted by Crippen LogP contribution is -2.47. The van der Waals surface area contributed by atoms with E-state index in [1.165, 1.54) is 0 Å². The molecule has 31 heavy (non-hydrogen) atoms. The lowest BCUT2D eigenvalue weighted by atomic mass is 9.87. The van der Waals surface area contributed by atoms with E-state index in [1.807, 2.05) is 60.4 Å². The Morgan fingerprint density at radius 1 is 1.13 bits per heavy atom. The molecule has 0 bridgehead atoms. The van der Waals surface area contributed by atoms with Crippen molar-refractivity contribution in [1.29, 1.82) is 0 Å². The van der Waals surface area contributed by atoms with Crippen LogP contribution < -0.4 is 14.4 Å². The van der Waals surface area contributed by atoms with Crippen molar-refractivity contribution in [2.75, 3.05) is 18.6 Å². The Labute approximate surface area is 194 Å². The highest BCUT2D eigenvalue weighted by molar-refractivity contribution is 7.80. The normalized spacial score (nSPS) is 14.3. The van der Waals surface area contributed by atoms with Crippen LogP contribution in [-0.4, -0.2) is 19.6 Å². The SMILES string of the molecule is CCOc1ccc2c(c1)N(C(=O)/C=C/c1ccc(OC)cc1)C(C)(C)c1ssc(=S)c1-2. The van der Waals surface area contributed by atoms with Gasteiger partial charge in [0.25, 0.3) is 5.91 Å².